The number of carbonyl (C=O) groups is 1. The first-order valence-corrected chi connectivity index (χ1v) is 9.21. The van der Waals surface area contributed by atoms with Crippen LogP contribution in [-0.2, 0) is 6.42 Å². The third-order valence-corrected chi connectivity index (χ3v) is 4.82. The lowest BCUT2D eigenvalue weighted by Gasteiger charge is -2.11. The number of amides is 1. The molecule has 1 heterocycles. The largest absolute Gasteiger partial charge is 0.364 e. The van der Waals surface area contributed by atoms with Crippen LogP contribution in [0.2, 0.25) is 0 Å². The third kappa shape index (κ3) is 3.58. The zero-order valence-corrected chi connectivity index (χ0v) is 15.7. The number of nitrogens with zero attached hydrogens (tertiary/aromatic N) is 2. The van der Waals surface area contributed by atoms with Crippen molar-refractivity contribution in [3.8, 4) is 16.8 Å². The van der Waals surface area contributed by atoms with Crippen molar-refractivity contribution in [1.82, 2.24) is 9.78 Å². The number of hydrogen-bond acceptors (Lipinski definition) is 2. The normalized spacial score (nSPS) is 10.8. The first kappa shape index (κ1) is 17.7. The van der Waals surface area contributed by atoms with E-state index in [1.807, 2.05) is 25.1 Å². The molecule has 4 heteroatoms. The lowest BCUT2D eigenvalue weighted by atomic mass is 9.95. The predicted molar refractivity (Wildman–Crippen MR) is 112 cm³/mol. The van der Waals surface area contributed by atoms with E-state index in [-0.39, 0.29) is 5.69 Å². The standard InChI is InChI=1S/C24H21N3O/c1-17-15-23(24(25)28)26-27(17)21-13-11-18(12-14-21)16-20-9-5-6-10-22(20)19-7-3-2-4-8-19/h2-15H,16H2,1H3,(H2,25,28). The van der Waals surface area contributed by atoms with E-state index in [0.717, 1.165) is 17.8 Å². The molecular weight excluding hydrogens is 346 g/mol. The molecule has 1 amide bonds. The van der Waals surface area contributed by atoms with Crippen LogP contribution in [0.4, 0.5) is 0 Å². The molecule has 0 saturated carbocycles. The number of rotatable bonds is 5. The van der Waals surface area contributed by atoms with Gasteiger partial charge in [0.1, 0.15) is 0 Å². The van der Waals surface area contributed by atoms with Crippen LogP contribution >= 0.6 is 0 Å². The Bertz CT molecular complexity index is 1110. The Morgan fingerprint density at radius 1 is 0.929 bits per heavy atom. The van der Waals surface area contributed by atoms with E-state index in [1.165, 1.54) is 22.3 Å². The zero-order chi connectivity index (χ0) is 19.5. The van der Waals surface area contributed by atoms with Gasteiger partial charge in [0.15, 0.2) is 5.69 Å². The summed E-state index contributed by atoms with van der Waals surface area (Å²) in [6.07, 6.45) is 0.843. The number of hydrogen-bond donors (Lipinski definition) is 1. The first-order chi connectivity index (χ1) is 13.6. The van der Waals surface area contributed by atoms with Gasteiger partial charge in [-0.1, -0.05) is 66.7 Å². The molecule has 0 aliphatic rings. The Balaban J connectivity index is 1.61. The quantitative estimate of drug-likeness (QED) is 0.563. The summed E-state index contributed by atoms with van der Waals surface area (Å²) in [5.74, 6) is -0.518. The van der Waals surface area contributed by atoms with Gasteiger partial charge in [-0.3, -0.25) is 4.79 Å². The minimum absolute atomic E-state index is 0.276. The first-order valence-electron chi connectivity index (χ1n) is 9.21. The van der Waals surface area contributed by atoms with Crippen LogP contribution < -0.4 is 5.73 Å². The monoisotopic (exact) mass is 367 g/mol. The summed E-state index contributed by atoms with van der Waals surface area (Å²) >= 11 is 0. The van der Waals surface area contributed by atoms with Crippen molar-refractivity contribution in [3.05, 3.63) is 107 Å². The lowest BCUT2D eigenvalue weighted by Crippen LogP contribution is -2.12. The molecule has 28 heavy (non-hydrogen) atoms. The molecule has 0 unspecified atom stereocenters. The molecule has 1 aromatic heterocycles. The van der Waals surface area contributed by atoms with Gasteiger partial charge in [-0.2, -0.15) is 5.10 Å². The second kappa shape index (κ2) is 7.53. The van der Waals surface area contributed by atoms with E-state index in [9.17, 15) is 4.79 Å². The summed E-state index contributed by atoms with van der Waals surface area (Å²) < 4.78 is 1.74. The molecule has 138 valence electrons. The third-order valence-electron chi connectivity index (χ3n) is 4.82. The lowest BCUT2D eigenvalue weighted by molar-refractivity contribution is 0.0995. The Hall–Kier alpha value is -3.66. The van der Waals surface area contributed by atoms with Crippen molar-refractivity contribution >= 4 is 5.91 Å². The Kier molecular flexibility index (Phi) is 4.77. The smallest absolute Gasteiger partial charge is 0.269 e. The molecule has 0 aliphatic carbocycles. The van der Waals surface area contributed by atoms with E-state index >= 15 is 0 Å². The fraction of sp³-hybridized carbons (Fsp3) is 0.0833. The highest BCUT2D eigenvalue weighted by Crippen LogP contribution is 2.26. The average Bonchev–Trinajstić information content (AvgIpc) is 3.12. The maximum Gasteiger partial charge on any atom is 0.269 e. The van der Waals surface area contributed by atoms with Gasteiger partial charge >= 0.3 is 0 Å². The van der Waals surface area contributed by atoms with Crippen LogP contribution in [-0.4, -0.2) is 15.7 Å². The number of primary amides is 1. The number of aryl methyl sites for hydroxylation is 1. The molecule has 0 atom stereocenters. The molecule has 0 bridgehead atoms. The van der Waals surface area contributed by atoms with Crippen LogP contribution in [0, 0.1) is 6.92 Å². The van der Waals surface area contributed by atoms with Crippen molar-refractivity contribution in [1.29, 1.82) is 0 Å². The molecule has 0 fully saturated rings. The van der Waals surface area contributed by atoms with Crippen molar-refractivity contribution in [2.24, 2.45) is 5.73 Å². The zero-order valence-electron chi connectivity index (χ0n) is 15.7. The number of carbonyl (C=O) groups excluding carboxylic acids is 1. The van der Waals surface area contributed by atoms with Gasteiger partial charge < -0.3 is 5.73 Å². The fourth-order valence-electron chi connectivity index (χ4n) is 3.40. The van der Waals surface area contributed by atoms with Gasteiger partial charge in [0, 0.05) is 5.69 Å². The second-order valence-electron chi connectivity index (χ2n) is 6.81. The van der Waals surface area contributed by atoms with Gasteiger partial charge in [-0.05, 0) is 53.8 Å². The SMILES string of the molecule is Cc1cc(C(N)=O)nn1-c1ccc(Cc2ccccc2-c2ccccc2)cc1. The summed E-state index contributed by atoms with van der Waals surface area (Å²) in [6.45, 7) is 1.91. The topological polar surface area (TPSA) is 60.9 Å². The molecule has 0 aliphatic heterocycles. The average molecular weight is 367 g/mol. The predicted octanol–water partition coefficient (Wildman–Crippen LogP) is 4.54. The maximum atomic E-state index is 11.4. The number of benzene rings is 3. The Labute approximate surface area is 164 Å². The van der Waals surface area contributed by atoms with Crippen LogP contribution in [0.1, 0.15) is 27.3 Å². The molecular formula is C24H21N3O. The van der Waals surface area contributed by atoms with Crippen LogP contribution in [0.25, 0.3) is 16.8 Å². The van der Waals surface area contributed by atoms with Crippen molar-refractivity contribution in [2.75, 3.05) is 0 Å². The van der Waals surface area contributed by atoms with E-state index in [2.05, 4.69) is 65.8 Å². The van der Waals surface area contributed by atoms with Crippen LogP contribution in [0.15, 0.2) is 84.9 Å². The van der Waals surface area contributed by atoms with Crippen molar-refractivity contribution in [2.45, 2.75) is 13.3 Å². The molecule has 4 rings (SSSR count). The summed E-state index contributed by atoms with van der Waals surface area (Å²) in [7, 11) is 0. The summed E-state index contributed by atoms with van der Waals surface area (Å²) in [5, 5.41) is 4.29. The minimum Gasteiger partial charge on any atom is -0.364 e. The Morgan fingerprint density at radius 2 is 1.61 bits per heavy atom. The molecule has 0 radical (unpaired) electrons. The Morgan fingerprint density at radius 3 is 2.29 bits per heavy atom. The summed E-state index contributed by atoms with van der Waals surface area (Å²) in [4.78, 5) is 11.4. The van der Waals surface area contributed by atoms with E-state index < -0.39 is 5.91 Å². The summed E-state index contributed by atoms with van der Waals surface area (Å²) in [5.41, 5.74) is 12.4. The van der Waals surface area contributed by atoms with E-state index in [0.29, 0.717) is 0 Å². The maximum absolute atomic E-state index is 11.4. The molecule has 4 nitrogen and oxygen atoms in total. The molecule has 2 N–H and O–H groups in total. The van der Waals surface area contributed by atoms with Gasteiger partial charge in [0.25, 0.3) is 5.91 Å². The van der Waals surface area contributed by atoms with Gasteiger partial charge in [0.05, 0.1) is 5.69 Å². The van der Waals surface area contributed by atoms with Crippen molar-refractivity contribution in [3.63, 3.8) is 0 Å². The second-order valence-corrected chi connectivity index (χ2v) is 6.81. The minimum atomic E-state index is -0.518. The van der Waals surface area contributed by atoms with E-state index in [1.54, 1.807) is 10.7 Å². The summed E-state index contributed by atoms with van der Waals surface area (Å²) in [6, 6.07) is 28.9. The highest BCUT2D eigenvalue weighted by molar-refractivity contribution is 5.90. The molecule has 0 spiro atoms. The fourth-order valence-corrected chi connectivity index (χ4v) is 3.40. The number of aromatic nitrogens is 2. The molecule has 0 saturated heterocycles. The molecule has 4 aromatic rings. The highest BCUT2D eigenvalue weighted by atomic mass is 16.1. The van der Waals surface area contributed by atoms with E-state index in [4.69, 9.17) is 5.73 Å². The highest BCUT2D eigenvalue weighted by Gasteiger charge is 2.11. The van der Waals surface area contributed by atoms with Gasteiger partial charge in [-0.15, -0.1) is 0 Å². The van der Waals surface area contributed by atoms with Gasteiger partial charge in [-0.25, -0.2) is 4.68 Å². The van der Waals surface area contributed by atoms with Crippen LogP contribution in [0.5, 0.6) is 0 Å². The van der Waals surface area contributed by atoms with Crippen molar-refractivity contribution < 1.29 is 4.79 Å². The molecule has 3 aromatic carbocycles. The van der Waals surface area contributed by atoms with Crippen LogP contribution in [0.3, 0.4) is 0 Å². The van der Waals surface area contributed by atoms with Gasteiger partial charge in [0.2, 0.25) is 0 Å². The number of nitrogens with two attached hydrogens (primary N) is 1.